The van der Waals surface area contributed by atoms with Gasteiger partial charge in [-0.2, -0.15) is 0 Å². The highest BCUT2D eigenvalue weighted by Gasteiger charge is 2.38. The lowest BCUT2D eigenvalue weighted by Gasteiger charge is -2.37. The van der Waals surface area contributed by atoms with E-state index in [9.17, 15) is 9.36 Å². The summed E-state index contributed by atoms with van der Waals surface area (Å²) in [6.45, 7) is 7.32. The fraction of sp³-hybridized carbons (Fsp3) is 0.667. The van der Waals surface area contributed by atoms with E-state index in [0.29, 0.717) is 6.42 Å². The quantitative estimate of drug-likeness (QED) is 0.697. The SMILES string of the molecule is CC(C)C(Cc1c[nH]cn1)N(C(=O)P(=O)(O)O)C(C)C. The molecule has 0 saturated carbocycles. The first-order chi connectivity index (χ1) is 9.14. The van der Waals surface area contributed by atoms with Gasteiger partial charge in [-0.15, -0.1) is 0 Å². The second kappa shape index (κ2) is 6.52. The molecule has 7 nitrogen and oxygen atoms in total. The standard InChI is InChI=1S/C12H22N3O4P/c1-8(2)11(5-10-6-13-7-14-10)15(9(3)4)12(16)20(17,18)19/h6-9,11H,5H2,1-4H3,(H,13,14)(H2,17,18,19). The van der Waals surface area contributed by atoms with Crippen molar-refractivity contribution in [3.05, 3.63) is 18.2 Å². The smallest absolute Gasteiger partial charge is 0.351 e. The number of carbonyl (C=O) groups excluding carboxylic acids is 1. The van der Waals surface area contributed by atoms with Crippen LogP contribution in [0, 0.1) is 5.92 Å². The number of H-pyrrole nitrogens is 1. The Morgan fingerprint density at radius 2 is 2.00 bits per heavy atom. The highest BCUT2D eigenvalue weighted by Crippen LogP contribution is 2.40. The van der Waals surface area contributed by atoms with Crippen molar-refractivity contribution in [1.82, 2.24) is 14.9 Å². The lowest BCUT2D eigenvalue weighted by molar-refractivity contribution is 0.144. The molecule has 1 heterocycles. The van der Waals surface area contributed by atoms with Crippen molar-refractivity contribution in [2.45, 2.75) is 46.2 Å². The van der Waals surface area contributed by atoms with E-state index in [1.54, 1.807) is 20.0 Å². The number of aromatic nitrogens is 2. The zero-order valence-electron chi connectivity index (χ0n) is 12.1. The number of imidazole rings is 1. The zero-order chi connectivity index (χ0) is 15.5. The summed E-state index contributed by atoms with van der Waals surface area (Å²) in [5, 5.41) is 0. The Kier molecular flexibility index (Phi) is 5.50. The number of hydrogen-bond donors (Lipinski definition) is 3. The molecule has 0 aliphatic carbocycles. The summed E-state index contributed by atoms with van der Waals surface area (Å²) in [6, 6.07) is -0.625. The summed E-state index contributed by atoms with van der Waals surface area (Å²) in [7, 11) is -4.79. The van der Waals surface area contributed by atoms with Gasteiger partial charge in [0, 0.05) is 24.7 Å². The van der Waals surface area contributed by atoms with Crippen LogP contribution in [0.1, 0.15) is 33.4 Å². The van der Waals surface area contributed by atoms with E-state index in [2.05, 4.69) is 9.97 Å². The van der Waals surface area contributed by atoms with Crippen molar-refractivity contribution >= 4 is 13.2 Å². The van der Waals surface area contributed by atoms with Crippen molar-refractivity contribution in [1.29, 1.82) is 0 Å². The number of amides is 1. The number of nitrogens with zero attached hydrogens (tertiary/aromatic N) is 2. The Labute approximate surface area is 118 Å². The van der Waals surface area contributed by atoms with Crippen molar-refractivity contribution in [2.75, 3.05) is 0 Å². The van der Waals surface area contributed by atoms with Gasteiger partial charge in [0.25, 0.3) is 0 Å². The van der Waals surface area contributed by atoms with Gasteiger partial charge in [0.1, 0.15) is 0 Å². The van der Waals surface area contributed by atoms with E-state index in [1.807, 2.05) is 13.8 Å². The molecule has 1 aromatic heterocycles. The van der Waals surface area contributed by atoms with Crippen LogP contribution < -0.4 is 0 Å². The van der Waals surface area contributed by atoms with Gasteiger partial charge in [-0.1, -0.05) is 13.8 Å². The summed E-state index contributed by atoms with van der Waals surface area (Å²) >= 11 is 0. The van der Waals surface area contributed by atoms with Crippen LogP contribution in [0.3, 0.4) is 0 Å². The number of hydrogen-bond acceptors (Lipinski definition) is 3. The number of aromatic amines is 1. The molecule has 0 aliphatic rings. The lowest BCUT2D eigenvalue weighted by atomic mass is 9.97. The van der Waals surface area contributed by atoms with E-state index in [0.717, 1.165) is 5.69 Å². The number of nitrogens with one attached hydrogen (secondary N) is 1. The topological polar surface area (TPSA) is 107 Å². The van der Waals surface area contributed by atoms with E-state index >= 15 is 0 Å². The van der Waals surface area contributed by atoms with Gasteiger partial charge >= 0.3 is 13.2 Å². The van der Waals surface area contributed by atoms with Crippen LogP contribution in [0.25, 0.3) is 0 Å². The Bertz CT molecular complexity index is 481. The molecule has 1 unspecified atom stereocenters. The maximum Gasteiger partial charge on any atom is 0.413 e. The Hall–Kier alpha value is -1.17. The van der Waals surface area contributed by atoms with Crippen LogP contribution in [0.2, 0.25) is 0 Å². The molecule has 114 valence electrons. The van der Waals surface area contributed by atoms with Gasteiger partial charge in [-0.05, 0) is 19.8 Å². The molecule has 20 heavy (non-hydrogen) atoms. The first kappa shape index (κ1) is 16.9. The predicted molar refractivity (Wildman–Crippen MR) is 75.3 cm³/mol. The third kappa shape index (κ3) is 4.16. The highest BCUT2D eigenvalue weighted by atomic mass is 31.2. The summed E-state index contributed by atoms with van der Waals surface area (Å²) in [4.78, 5) is 38.6. The van der Waals surface area contributed by atoms with Crippen molar-refractivity contribution in [2.24, 2.45) is 5.92 Å². The maximum absolute atomic E-state index is 12.0. The van der Waals surface area contributed by atoms with Crippen LogP contribution in [0.15, 0.2) is 12.5 Å². The van der Waals surface area contributed by atoms with Crippen LogP contribution in [0.4, 0.5) is 4.79 Å². The first-order valence-electron chi connectivity index (χ1n) is 6.50. The average molecular weight is 303 g/mol. The summed E-state index contributed by atoms with van der Waals surface area (Å²) in [5.74, 6) is 0.0459. The normalized spacial score (nSPS) is 13.8. The molecule has 0 fully saturated rings. The Balaban J connectivity index is 3.07. The van der Waals surface area contributed by atoms with Crippen LogP contribution in [-0.2, 0) is 11.0 Å². The largest absolute Gasteiger partial charge is 0.413 e. The molecular formula is C12H22N3O4P. The molecule has 0 aliphatic heterocycles. The van der Waals surface area contributed by atoms with E-state index in [1.165, 1.54) is 11.2 Å². The minimum absolute atomic E-state index is 0.0459. The second-order valence-electron chi connectivity index (χ2n) is 5.40. The van der Waals surface area contributed by atoms with Gasteiger partial charge in [-0.3, -0.25) is 4.79 Å². The zero-order valence-corrected chi connectivity index (χ0v) is 13.0. The van der Waals surface area contributed by atoms with Crippen molar-refractivity contribution in [3.8, 4) is 0 Å². The molecule has 0 aromatic carbocycles. The monoisotopic (exact) mass is 303 g/mol. The van der Waals surface area contributed by atoms with Crippen LogP contribution >= 0.6 is 7.60 Å². The fourth-order valence-electron chi connectivity index (χ4n) is 2.17. The minimum atomic E-state index is -4.79. The molecule has 0 radical (unpaired) electrons. The Morgan fingerprint density at radius 1 is 1.40 bits per heavy atom. The molecule has 8 heteroatoms. The van der Waals surface area contributed by atoms with E-state index < -0.39 is 13.2 Å². The van der Waals surface area contributed by atoms with Gasteiger partial charge in [-0.25, -0.2) is 9.55 Å². The molecule has 1 rings (SSSR count). The van der Waals surface area contributed by atoms with Crippen LogP contribution in [-0.4, -0.2) is 42.4 Å². The molecular weight excluding hydrogens is 281 g/mol. The summed E-state index contributed by atoms with van der Waals surface area (Å²) in [5.41, 5.74) is -0.366. The molecule has 1 atom stereocenters. The van der Waals surface area contributed by atoms with E-state index in [-0.39, 0.29) is 18.0 Å². The van der Waals surface area contributed by atoms with Gasteiger partial charge in [0.05, 0.1) is 12.0 Å². The van der Waals surface area contributed by atoms with Crippen molar-refractivity contribution < 1.29 is 19.1 Å². The molecule has 0 saturated heterocycles. The van der Waals surface area contributed by atoms with Gasteiger partial charge < -0.3 is 19.7 Å². The number of rotatable bonds is 6. The third-order valence-electron chi connectivity index (χ3n) is 3.13. The third-order valence-corrected chi connectivity index (χ3v) is 3.86. The maximum atomic E-state index is 12.0. The fourth-order valence-corrected chi connectivity index (χ4v) is 2.85. The number of carbonyl (C=O) groups is 1. The second-order valence-corrected chi connectivity index (χ2v) is 6.87. The van der Waals surface area contributed by atoms with Crippen LogP contribution in [0.5, 0.6) is 0 Å². The average Bonchev–Trinajstić information content (AvgIpc) is 2.78. The summed E-state index contributed by atoms with van der Waals surface area (Å²) < 4.78 is 11.3. The van der Waals surface area contributed by atoms with Crippen molar-refractivity contribution in [3.63, 3.8) is 0 Å². The summed E-state index contributed by atoms with van der Waals surface area (Å²) in [6.07, 6.45) is 3.71. The van der Waals surface area contributed by atoms with E-state index in [4.69, 9.17) is 9.79 Å². The van der Waals surface area contributed by atoms with Gasteiger partial charge in [0.15, 0.2) is 0 Å². The molecule has 3 N–H and O–H groups in total. The lowest BCUT2D eigenvalue weighted by Crippen LogP contribution is -2.47. The van der Waals surface area contributed by atoms with Gasteiger partial charge in [0.2, 0.25) is 0 Å². The predicted octanol–water partition coefficient (Wildman–Crippen LogP) is 1.98. The molecule has 1 aromatic rings. The molecule has 1 amide bonds. The molecule has 0 spiro atoms. The highest BCUT2D eigenvalue weighted by molar-refractivity contribution is 7.69. The first-order valence-corrected chi connectivity index (χ1v) is 8.12. The minimum Gasteiger partial charge on any atom is -0.351 e. The molecule has 0 bridgehead atoms. The Morgan fingerprint density at radius 3 is 2.35 bits per heavy atom.